The summed E-state index contributed by atoms with van der Waals surface area (Å²) in [6, 6.07) is 2.98. The average Bonchev–Trinajstić information content (AvgIpc) is 3.28. The number of carbonyl (C=O) groups is 2. The van der Waals surface area contributed by atoms with Crippen LogP contribution in [0.4, 0.5) is 21.2 Å². The number of aromatic nitrogens is 4. The van der Waals surface area contributed by atoms with Gasteiger partial charge < -0.3 is 14.9 Å². The van der Waals surface area contributed by atoms with Crippen molar-refractivity contribution in [3.8, 4) is 0 Å². The van der Waals surface area contributed by atoms with Crippen LogP contribution in [0.15, 0.2) is 24.5 Å². The molecule has 0 bridgehead atoms. The maximum atomic E-state index is 12.7. The van der Waals surface area contributed by atoms with E-state index in [0.29, 0.717) is 24.7 Å². The highest BCUT2D eigenvalue weighted by molar-refractivity contribution is 5.90. The van der Waals surface area contributed by atoms with Crippen LogP contribution in [0.5, 0.6) is 0 Å². The Hall–Kier alpha value is -3.08. The maximum Gasteiger partial charge on any atom is 0.323 e. The van der Waals surface area contributed by atoms with Gasteiger partial charge in [0.15, 0.2) is 0 Å². The van der Waals surface area contributed by atoms with E-state index in [2.05, 4.69) is 20.8 Å². The minimum Gasteiger partial charge on any atom is -0.389 e. The van der Waals surface area contributed by atoms with Crippen LogP contribution in [0, 0.1) is 0 Å². The molecule has 3 heterocycles. The molecule has 4 amide bonds. The predicted molar refractivity (Wildman–Crippen MR) is 112 cm³/mol. The third kappa shape index (κ3) is 4.90. The lowest BCUT2D eigenvalue weighted by Crippen LogP contribution is -2.41. The Labute approximate surface area is 175 Å². The van der Waals surface area contributed by atoms with E-state index in [9.17, 15) is 14.7 Å². The second-order valence-corrected chi connectivity index (χ2v) is 7.92. The van der Waals surface area contributed by atoms with Gasteiger partial charge >= 0.3 is 12.1 Å². The largest absolute Gasteiger partial charge is 0.389 e. The molecule has 1 aliphatic heterocycles. The van der Waals surface area contributed by atoms with Gasteiger partial charge in [-0.2, -0.15) is 10.2 Å². The van der Waals surface area contributed by atoms with Crippen molar-refractivity contribution in [2.45, 2.75) is 45.9 Å². The first-order valence-electron chi connectivity index (χ1n) is 10.1. The van der Waals surface area contributed by atoms with Crippen molar-refractivity contribution in [3.05, 3.63) is 24.5 Å². The van der Waals surface area contributed by atoms with Gasteiger partial charge in [0.1, 0.15) is 11.6 Å². The van der Waals surface area contributed by atoms with Gasteiger partial charge in [-0.15, -0.1) is 0 Å². The summed E-state index contributed by atoms with van der Waals surface area (Å²) in [5.41, 5.74) is 0. The molecule has 30 heavy (non-hydrogen) atoms. The first kappa shape index (κ1) is 21.6. The van der Waals surface area contributed by atoms with E-state index >= 15 is 0 Å². The van der Waals surface area contributed by atoms with E-state index in [1.54, 1.807) is 33.9 Å². The van der Waals surface area contributed by atoms with Crippen molar-refractivity contribution in [3.63, 3.8) is 0 Å². The van der Waals surface area contributed by atoms with Gasteiger partial charge in [0.2, 0.25) is 0 Å². The number of nitrogens with one attached hydrogen (secondary N) is 2. The third-order valence-corrected chi connectivity index (χ3v) is 4.87. The third-order valence-electron chi connectivity index (χ3n) is 4.87. The summed E-state index contributed by atoms with van der Waals surface area (Å²) >= 11 is 0. The molecule has 1 saturated heterocycles. The molecule has 0 unspecified atom stereocenters. The van der Waals surface area contributed by atoms with Crippen molar-refractivity contribution >= 4 is 23.7 Å². The highest BCUT2D eigenvalue weighted by Gasteiger charge is 2.28. The van der Waals surface area contributed by atoms with E-state index in [0.717, 1.165) is 0 Å². The molecular weight excluding hydrogens is 388 g/mol. The standard InChI is InChI=1S/C19H30N8O3/c1-13(2)26-16(5-7-20-26)22-18(29)24-9-10-25(12-15(28)11-24)19(30)23-17-6-8-21-27(17)14(3)4/h5-8,13-15,28H,9-12H2,1-4H3,(H,22,29)(H,23,30). The van der Waals surface area contributed by atoms with E-state index in [4.69, 9.17) is 0 Å². The van der Waals surface area contributed by atoms with Gasteiger partial charge in [0.05, 0.1) is 31.6 Å². The zero-order valence-corrected chi connectivity index (χ0v) is 17.8. The Kier molecular flexibility index (Phi) is 6.60. The van der Waals surface area contributed by atoms with Gasteiger partial charge in [0, 0.05) is 37.3 Å². The highest BCUT2D eigenvalue weighted by atomic mass is 16.3. The Bertz CT molecular complexity index is 805. The first-order valence-corrected chi connectivity index (χ1v) is 10.1. The number of rotatable bonds is 4. The monoisotopic (exact) mass is 418 g/mol. The van der Waals surface area contributed by atoms with Crippen molar-refractivity contribution in [1.29, 1.82) is 0 Å². The molecule has 3 rings (SSSR count). The minimum absolute atomic E-state index is 0.100. The lowest BCUT2D eigenvalue weighted by atomic mass is 10.3. The number of carbonyl (C=O) groups excluding carboxylic acids is 2. The molecule has 0 spiro atoms. The summed E-state index contributed by atoms with van der Waals surface area (Å²) in [7, 11) is 0. The number of nitrogens with zero attached hydrogens (tertiary/aromatic N) is 6. The molecular formula is C19H30N8O3. The molecule has 1 aliphatic rings. The normalized spacial score (nSPS) is 15.6. The molecule has 1 fully saturated rings. The number of aliphatic hydroxyl groups excluding tert-OH is 1. The second kappa shape index (κ2) is 9.16. The fraction of sp³-hybridized carbons (Fsp3) is 0.579. The van der Waals surface area contributed by atoms with Crippen molar-refractivity contribution in [2.24, 2.45) is 0 Å². The lowest BCUT2D eigenvalue weighted by molar-refractivity contribution is 0.122. The van der Waals surface area contributed by atoms with Gasteiger partial charge in [-0.25, -0.2) is 19.0 Å². The molecule has 0 radical (unpaired) electrons. The van der Waals surface area contributed by atoms with Crippen molar-refractivity contribution in [2.75, 3.05) is 36.8 Å². The molecule has 0 saturated carbocycles. The zero-order valence-electron chi connectivity index (χ0n) is 17.8. The number of aliphatic hydroxyl groups is 1. The van der Waals surface area contributed by atoms with Crippen molar-refractivity contribution < 1.29 is 14.7 Å². The minimum atomic E-state index is -0.853. The molecule has 164 valence electrons. The van der Waals surface area contributed by atoms with Gasteiger partial charge in [-0.1, -0.05) is 0 Å². The fourth-order valence-corrected chi connectivity index (χ4v) is 3.39. The fourth-order valence-electron chi connectivity index (χ4n) is 3.39. The summed E-state index contributed by atoms with van der Waals surface area (Å²) in [6.07, 6.45) is 2.40. The van der Waals surface area contributed by atoms with Crippen molar-refractivity contribution in [1.82, 2.24) is 29.4 Å². The molecule has 11 heteroatoms. The topological polar surface area (TPSA) is 121 Å². The van der Waals surface area contributed by atoms with Crippen LogP contribution < -0.4 is 10.6 Å². The van der Waals surface area contributed by atoms with E-state index < -0.39 is 6.10 Å². The Morgan fingerprint density at radius 2 is 1.30 bits per heavy atom. The Morgan fingerprint density at radius 1 is 0.900 bits per heavy atom. The molecule has 0 aromatic carbocycles. The number of anilines is 2. The Balaban J connectivity index is 1.62. The van der Waals surface area contributed by atoms with E-state index in [1.165, 1.54) is 9.80 Å². The number of β-amino-alcohol motifs (C(OH)–C–C–N with tert-alkyl or cyclic N) is 1. The molecule has 2 aromatic rings. The SMILES string of the molecule is CC(C)n1nccc1NC(=O)N1CCN(C(=O)Nc2ccnn2C(C)C)CC(O)C1. The second-order valence-electron chi connectivity index (χ2n) is 7.92. The number of urea groups is 2. The quantitative estimate of drug-likeness (QED) is 0.701. The molecule has 3 N–H and O–H groups in total. The van der Waals surface area contributed by atoms with E-state index in [-0.39, 0.29) is 37.2 Å². The molecule has 0 atom stereocenters. The number of amides is 4. The smallest absolute Gasteiger partial charge is 0.323 e. The van der Waals surface area contributed by atoms with Gasteiger partial charge in [-0.3, -0.25) is 10.6 Å². The Morgan fingerprint density at radius 3 is 1.67 bits per heavy atom. The summed E-state index contributed by atoms with van der Waals surface area (Å²) in [5.74, 6) is 1.18. The average molecular weight is 419 g/mol. The van der Waals surface area contributed by atoms with Crippen LogP contribution in [0.1, 0.15) is 39.8 Å². The van der Waals surface area contributed by atoms with Gasteiger partial charge in [0.25, 0.3) is 0 Å². The summed E-state index contributed by atoms with van der Waals surface area (Å²) in [6.45, 7) is 8.76. The lowest BCUT2D eigenvalue weighted by Gasteiger charge is -2.23. The molecule has 0 aliphatic carbocycles. The highest BCUT2D eigenvalue weighted by Crippen LogP contribution is 2.16. The van der Waals surface area contributed by atoms with Crippen LogP contribution >= 0.6 is 0 Å². The summed E-state index contributed by atoms with van der Waals surface area (Å²) in [5, 5.41) is 24.5. The maximum absolute atomic E-state index is 12.7. The summed E-state index contributed by atoms with van der Waals surface area (Å²) < 4.78 is 3.42. The molecule has 2 aromatic heterocycles. The zero-order chi connectivity index (χ0) is 21.8. The van der Waals surface area contributed by atoms with Crippen LogP contribution in [-0.2, 0) is 0 Å². The number of hydrogen-bond donors (Lipinski definition) is 3. The molecule has 11 nitrogen and oxygen atoms in total. The first-order chi connectivity index (χ1) is 14.3. The predicted octanol–water partition coefficient (Wildman–Crippen LogP) is 1.98. The summed E-state index contributed by atoms with van der Waals surface area (Å²) in [4.78, 5) is 28.5. The van der Waals surface area contributed by atoms with Gasteiger partial charge in [-0.05, 0) is 27.7 Å². The number of hydrogen-bond acceptors (Lipinski definition) is 5. The van der Waals surface area contributed by atoms with Crippen LogP contribution in [-0.4, -0.2) is 78.8 Å². The van der Waals surface area contributed by atoms with Crippen LogP contribution in [0.25, 0.3) is 0 Å². The van der Waals surface area contributed by atoms with Crippen LogP contribution in [0.2, 0.25) is 0 Å². The van der Waals surface area contributed by atoms with E-state index in [1.807, 2.05) is 27.7 Å². The van der Waals surface area contributed by atoms with Crippen LogP contribution in [0.3, 0.4) is 0 Å².